The van der Waals surface area contributed by atoms with Crippen molar-refractivity contribution in [1.29, 1.82) is 0 Å². The first kappa shape index (κ1) is 18.7. The number of aliphatic hydroxyl groups is 1. The summed E-state index contributed by atoms with van der Waals surface area (Å²) in [5.41, 5.74) is -0.0900. The predicted molar refractivity (Wildman–Crippen MR) is 94.2 cm³/mol. The molecule has 0 aliphatic carbocycles. The number of nitrogens with zero attached hydrogens (tertiary/aromatic N) is 1. The lowest BCUT2D eigenvalue weighted by Crippen LogP contribution is -2.43. The molecule has 2 N–H and O–H groups in total. The van der Waals surface area contributed by atoms with E-state index in [1.807, 2.05) is 6.07 Å². The molecule has 0 aliphatic rings. The number of carbonyl (C=O) groups is 2. The van der Waals surface area contributed by atoms with Crippen molar-refractivity contribution >= 4 is 11.8 Å². The third kappa shape index (κ3) is 4.70. The average Bonchev–Trinajstić information content (AvgIpc) is 2.92. The van der Waals surface area contributed by atoms with Crippen LogP contribution in [0.3, 0.4) is 0 Å². The molecule has 6 nitrogen and oxygen atoms in total. The second-order valence-corrected chi connectivity index (χ2v) is 6.40. The standard InChI is InChI=1S/C19H24N2O4/c1-13-10-16(14(2)25-13)19(3,24)12-20-17(22)11-21(4)18(23)15-8-6-5-7-9-15/h5-10,24H,11-12H2,1-4H3,(H,20,22). The summed E-state index contributed by atoms with van der Waals surface area (Å²) in [6.45, 7) is 5.12. The van der Waals surface area contributed by atoms with E-state index in [0.29, 0.717) is 22.6 Å². The van der Waals surface area contributed by atoms with E-state index >= 15 is 0 Å². The maximum atomic E-state index is 12.2. The van der Waals surface area contributed by atoms with Crippen LogP contribution in [-0.2, 0) is 10.4 Å². The van der Waals surface area contributed by atoms with E-state index in [9.17, 15) is 14.7 Å². The Kier molecular flexibility index (Phi) is 5.64. The molecule has 25 heavy (non-hydrogen) atoms. The van der Waals surface area contributed by atoms with Crippen LogP contribution >= 0.6 is 0 Å². The maximum Gasteiger partial charge on any atom is 0.254 e. The lowest BCUT2D eigenvalue weighted by molar-refractivity contribution is -0.122. The molecule has 6 heteroatoms. The van der Waals surface area contributed by atoms with Gasteiger partial charge in [-0.3, -0.25) is 9.59 Å². The van der Waals surface area contributed by atoms with E-state index < -0.39 is 5.60 Å². The second kappa shape index (κ2) is 7.53. The SMILES string of the molecule is Cc1cc(C(C)(O)CNC(=O)CN(C)C(=O)c2ccccc2)c(C)o1. The van der Waals surface area contributed by atoms with Crippen LogP contribution in [0.1, 0.15) is 34.4 Å². The molecular formula is C19H24N2O4. The van der Waals surface area contributed by atoms with Gasteiger partial charge in [-0.1, -0.05) is 18.2 Å². The first-order valence-electron chi connectivity index (χ1n) is 8.08. The van der Waals surface area contributed by atoms with E-state index in [2.05, 4.69) is 5.32 Å². The molecule has 1 unspecified atom stereocenters. The summed E-state index contributed by atoms with van der Waals surface area (Å²) in [5.74, 6) is 0.745. The van der Waals surface area contributed by atoms with Crippen molar-refractivity contribution in [3.8, 4) is 0 Å². The number of furan rings is 1. The van der Waals surface area contributed by atoms with Crippen LogP contribution in [0, 0.1) is 13.8 Å². The van der Waals surface area contributed by atoms with Crippen molar-refractivity contribution in [1.82, 2.24) is 10.2 Å². The molecule has 2 amide bonds. The van der Waals surface area contributed by atoms with Gasteiger partial charge in [-0.05, 0) is 39.0 Å². The number of amides is 2. The van der Waals surface area contributed by atoms with Gasteiger partial charge in [-0.15, -0.1) is 0 Å². The third-order valence-corrected chi connectivity index (χ3v) is 4.00. The van der Waals surface area contributed by atoms with E-state index in [1.54, 1.807) is 58.2 Å². The lowest BCUT2D eigenvalue weighted by atomic mass is 9.96. The van der Waals surface area contributed by atoms with Gasteiger partial charge < -0.3 is 19.7 Å². The van der Waals surface area contributed by atoms with E-state index in [4.69, 9.17) is 4.42 Å². The van der Waals surface area contributed by atoms with Crippen molar-refractivity contribution in [2.45, 2.75) is 26.4 Å². The van der Waals surface area contributed by atoms with Gasteiger partial charge in [0.25, 0.3) is 5.91 Å². The number of benzene rings is 1. The Bertz CT molecular complexity index is 750. The third-order valence-electron chi connectivity index (χ3n) is 4.00. The number of carbonyl (C=O) groups excluding carboxylic acids is 2. The first-order chi connectivity index (χ1) is 11.7. The summed E-state index contributed by atoms with van der Waals surface area (Å²) in [6, 6.07) is 10.5. The van der Waals surface area contributed by atoms with Crippen LogP contribution in [-0.4, -0.2) is 42.0 Å². The largest absolute Gasteiger partial charge is 0.466 e. The molecular weight excluding hydrogens is 320 g/mol. The van der Waals surface area contributed by atoms with E-state index in [-0.39, 0.29) is 24.9 Å². The zero-order valence-corrected chi connectivity index (χ0v) is 15.0. The quantitative estimate of drug-likeness (QED) is 0.839. The van der Waals surface area contributed by atoms with Crippen LogP contribution < -0.4 is 5.32 Å². The number of hydrogen-bond acceptors (Lipinski definition) is 4. The minimum absolute atomic E-state index is 0.0268. The minimum atomic E-state index is -1.25. The molecule has 1 atom stereocenters. The lowest BCUT2D eigenvalue weighted by Gasteiger charge is -2.24. The van der Waals surface area contributed by atoms with Gasteiger partial charge in [-0.2, -0.15) is 0 Å². The fourth-order valence-electron chi connectivity index (χ4n) is 2.68. The molecule has 0 aliphatic heterocycles. The summed E-state index contributed by atoms with van der Waals surface area (Å²) >= 11 is 0. The van der Waals surface area contributed by atoms with Crippen molar-refractivity contribution in [3.05, 3.63) is 59.0 Å². The molecule has 0 bridgehead atoms. The monoisotopic (exact) mass is 344 g/mol. The Morgan fingerprint density at radius 3 is 2.44 bits per heavy atom. The van der Waals surface area contributed by atoms with E-state index in [1.165, 1.54) is 4.90 Å². The van der Waals surface area contributed by atoms with Gasteiger partial charge in [0.2, 0.25) is 5.91 Å². The van der Waals surface area contributed by atoms with Gasteiger partial charge in [0.15, 0.2) is 0 Å². The van der Waals surface area contributed by atoms with Crippen molar-refractivity contribution in [2.75, 3.05) is 20.1 Å². The predicted octanol–water partition coefficient (Wildman–Crippen LogP) is 1.99. The molecule has 1 aromatic carbocycles. The van der Waals surface area contributed by atoms with Crippen molar-refractivity contribution in [2.24, 2.45) is 0 Å². The molecule has 1 aromatic heterocycles. The minimum Gasteiger partial charge on any atom is -0.466 e. The van der Waals surface area contributed by atoms with E-state index in [0.717, 1.165) is 0 Å². The average molecular weight is 344 g/mol. The van der Waals surface area contributed by atoms with Gasteiger partial charge in [0.05, 0.1) is 13.1 Å². The van der Waals surface area contributed by atoms with Crippen LogP contribution in [0.25, 0.3) is 0 Å². The van der Waals surface area contributed by atoms with Gasteiger partial charge >= 0.3 is 0 Å². The number of likely N-dealkylation sites (N-methyl/N-ethyl adjacent to an activating group) is 1. The molecule has 134 valence electrons. The van der Waals surface area contributed by atoms with Gasteiger partial charge in [-0.25, -0.2) is 0 Å². The molecule has 2 rings (SSSR count). The normalized spacial score (nSPS) is 13.2. The van der Waals surface area contributed by atoms with Crippen LogP contribution in [0.5, 0.6) is 0 Å². The molecule has 0 saturated heterocycles. The second-order valence-electron chi connectivity index (χ2n) is 6.40. The molecule has 0 saturated carbocycles. The highest BCUT2D eigenvalue weighted by Crippen LogP contribution is 2.26. The zero-order chi connectivity index (χ0) is 18.6. The Morgan fingerprint density at radius 2 is 1.88 bits per heavy atom. The maximum absolute atomic E-state index is 12.2. The topological polar surface area (TPSA) is 82.8 Å². The Balaban J connectivity index is 1.92. The van der Waals surface area contributed by atoms with Crippen LogP contribution in [0.2, 0.25) is 0 Å². The Labute approximate surface area is 147 Å². The number of hydrogen-bond donors (Lipinski definition) is 2. The molecule has 2 aromatic rings. The summed E-state index contributed by atoms with van der Waals surface area (Å²) in [6.07, 6.45) is 0. The fourth-order valence-corrected chi connectivity index (χ4v) is 2.68. The smallest absolute Gasteiger partial charge is 0.254 e. The van der Waals surface area contributed by atoms with Gasteiger partial charge in [0.1, 0.15) is 17.1 Å². The summed E-state index contributed by atoms with van der Waals surface area (Å²) in [7, 11) is 1.57. The Morgan fingerprint density at radius 1 is 1.24 bits per heavy atom. The summed E-state index contributed by atoms with van der Waals surface area (Å²) in [4.78, 5) is 25.7. The van der Waals surface area contributed by atoms with Crippen LogP contribution in [0.4, 0.5) is 0 Å². The molecule has 0 radical (unpaired) electrons. The summed E-state index contributed by atoms with van der Waals surface area (Å²) < 4.78 is 5.43. The van der Waals surface area contributed by atoms with Crippen molar-refractivity contribution < 1.29 is 19.1 Å². The highest BCUT2D eigenvalue weighted by atomic mass is 16.3. The van der Waals surface area contributed by atoms with Gasteiger partial charge in [0, 0.05) is 18.2 Å². The molecule has 0 spiro atoms. The first-order valence-corrected chi connectivity index (χ1v) is 8.08. The number of nitrogens with one attached hydrogen (secondary N) is 1. The fraction of sp³-hybridized carbons (Fsp3) is 0.368. The molecule has 0 fully saturated rings. The highest BCUT2D eigenvalue weighted by Gasteiger charge is 2.28. The number of rotatable bonds is 6. The zero-order valence-electron chi connectivity index (χ0n) is 15.0. The van der Waals surface area contributed by atoms with Crippen molar-refractivity contribution in [3.63, 3.8) is 0 Å². The summed E-state index contributed by atoms with van der Waals surface area (Å²) in [5, 5.41) is 13.3. The van der Waals surface area contributed by atoms with Crippen LogP contribution in [0.15, 0.2) is 40.8 Å². The highest BCUT2D eigenvalue weighted by molar-refractivity contribution is 5.96. The number of aryl methyl sites for hydroxylation is 2. The Hall–Kier alpha value is -2.60. The molecule has 1 heterocycles.